The number of nitro benzene ring substituents is 1. The van der Waals surface area contributed by atoms with E-state index in [-0.39, 0.29) is 42.0 Å². The second-order valence-corrected chi connectivity index (χ2v) is 9.50. The van der Waals surface area contributed by atoms with Crippen molar-refractivity contribution in [2.75, 3.05) is 0 Å². The standard InChI is InChI=1S/C27H18ClN3O7/c1-2-27(38-25(33)14-5-3-6-16(28)9-14)19-11-22-23-15(12-30(22)24(32)18(19)13-37-26(27)34)10-17-20(29-23)7-4-8-21(17)31(35)36/h3-11H,2,12-13H2,1H3/t27-/m0/s1. The van der Waals surface area contributed by atoms with Crippen molar-refractivity contribution in [1.29, 1.82) is 0 Å². The molecule has 190 valence electrons. The van der Waals surface area contributed by atoms with Gasteiger partial charge in [0.1, 0.15) is 6.61 Å². The number of carbonyl (C=O) groups excluding carboxylic acids is 2. The average Bonchev–Trinajstić information content (AvgIpc) is 3.26. The van der Waals surface area contributed by atoms with Gasteiger partial charge in [-0.1, -0.05) is 30.7 Å². The Morgan fingerprint density at radius 1 is 1.21 bits per heavy atom. The number of pyridine rings is 2. The highest BCUT2D eigenvalue weighted by molar-refractivity contribution is 6.30. The first-order valence-electron chi connectivity index (χ1n) is 11.7. The average molecular weight is 532 g/mol. The summed E-state index contributed by atoms with van der Waals surface area (Å²) >= 11 is 6.02. The molecule has 0 saturated heterocycles. The van der Waals surface area contributed by atoms with E-state index >= 15 is 0 Å². The zero-order chi connectivity index (χ0) is 26.8. The monoisotopic (exact) mass is 531 g/mol. The van der Waals surface area contributed by atoms with Crippen molar-refractivity contribution in [3.8, 4) is 11.4 Å². The summed E-state index contributed by atoms with van der Waals surface area (Å²) in [5, 5.41) is 12.2. The van der Waals surface area contributed by atoms with E-state index in [1.165, 1.54) is 22.8 Å². The summed E-state index contributed by atoms with van der Waals surface area (Å²) in [4.78, 5) is 55.6. The van der Waals surface area contributed by atoms with Crippen LogP contribution in [0.3, 0.4) is 0 Å². The Kier molecular flexibility index (Phi) is 5.32. The van der Waals surface area contributed by atoms with E-state index in [9.17, 15) is 24.5 Å². The lowest BCUT2D eigenvalue weighted by atomic mass is 9.85. The van der Waals surface area contributed by atoms with Gasteiger partial charge in [-0.25, -0.2) is 14.6 Å². The van der Waals surface area contributed by atoms with Crippen LogP contribution < -0.4 is 5.56 Å². The highest BCUT2D eigenvalue weighted by Gasteiger charge is 2.50. The number of carbonyl (C=O) groups is 2. The summed E-state index contributed by atoms with van der Waals surface area (Å²) in [5.74, 6) is -1.58. The van der Waals surface area contributed by atoms with Gasteiger partial charge in [0.15, 0.2) is 0 Å². The van der Waals surface area contributed by atoms with Crippen LogP contribution in [0.1, 0.15) is 40.4 Å². The van der Waals surface area contributed by atoms with Gasteiger partial charge in [-0.05, 0) is 42.8 Å². The lowest BCUT2D eigenvalue weighted by Gasteiger charge is -2.35. The number of nitro groups is 1. The molecule has 10 nitrogen and oxygen atoms in total. The van der Waals surface area contributed by atoms with E-state index in [1.807, 2.05) is 0 Å². The van der Waals surface area contributed by atoms with Crippen LogP contribution in [-0.4, -0.2) is 26.4 Å². The second kappa shape index (κ2) is 8.49. The number of rotatable bonds is 4. The molecule has 2 aliphatic rings. The number of hydrogen-bond donors (Lipinski definition) is 0. The number of hydrogen-bond acceptors (Lipinski definition) is 8. The summed E-state index contributed by atoms with van der Waals surface area (Å²) in [6.07, 6.45) is 0.0121. The van der Waals surface area contributed by atoms with Crippen LogP contribution in [0, 0.1) is 10.1 Å². The van der Waals surface area contributed by atoms with Gasteiger partial charge >= 0.3 is 11.9 Å². The molecule has 1 atom stereocenters. The molecule has 2 aliphatic heterocycles. The molecule has 0 bridgehead atoms. The van der Waals surface area contributed by atoms with Crippen LogP contribution in [-0.2, 0) is 33.0 Å². The Bertz CT molecular complexity index is 1780. The van der Waals surface area contributed by atoms with E-state index in [2.05, 4.69) is 4.98 Å². The SMILES string of the molecule is CC[C@@]1(OC(=O)c2cccc(Cl)c2)C(=O)OCc2c1cc1n(c2=O)Cc2cc3c([N+](=O)[O-])cccc3nc2-1. The van der Waals surface area contributed by atoms with Gasteiger partial charge in [0.25, 0.3) is 11.2 Å². The topological polar surface area (TPSA) is 131 Å². The maximum Gasteiger partial charge on any atom is 0.355 e. The molecule has 6 rings (SSSR count). The summed E-state index contributed by atoms with van der Waals surface area (Å²) in [6.45, 7) is 1.52. The van der Waals surface area contributed by atoms with E-state index in [0.717, 1.165) is 0 Å². The molecule has 0 amide bonds. The van der Waals surface area contributed by atoms with Gasteiger partial charge in [-0.2, -0.15) is 0 Å². The zero-order valence-electron chi connectivity index (χ0n) is 19.9. The van der Waals surface area contributed by atoms with E-state index in [0.29, 0.717) is 32.9 Å². The molecule has 2 aromatic carbocycles. The summed E-state index contributed by atoms with van der Waals surface area (Å²) < 4.78 is 12.6. The van der Waals surface area contributed by atoms with Crippen molar-refractivity contribution in [3.05, 3.63) is 102 Å². The third-order valence-corrected chi connectivity index (χ3v) is 7.26. The maximum absolute atomic E-state index is 13.6. The Hall–Kier alpha value is -4.57. The Morgan fingerprint density at radius 3 is 2.74 bits per heavy atom. The maximum atomic E-state index is 13.6. The van der Waals surface area contributed by atoms with Crippen molar-refractivity contribution in [2.45, 2.75) is 32.1 Å². The molecule has 38 heavy (non-hydrogen) atoms. The number of non-ortho nitro benzene ring substituents is 1. The molecule has 4 aromatic rings. The van der Waals surface area contributed by atoms with E-state index in [1.54, 1.807) is 43.3 Å². The zero-order valence-corrected chi connectivity index (χ0v) is 20.7. The van der Waals surface area contributed by atoms with Crippen LogP contribution in [0.5, 0.6) is 0 Å². The number of esters is 2. The lowest BCUT2D eigenvalue weighted by molar-refractivity contribution is -0.383. The van der Waals surface area contributed by atoms with Crippen molar-refractivity contribution >= 4 is 40.1 Å². The first-order valence-corrected chi connectivity index (χ1v) is 12.1. The van der Waals surface area contributed by atoms with Crippen molar-refractivity contribution in [3.63, 3.8) is 0 Å². The number of aromatic nitrogens is 2. The first kappa shape index (κ1) is 23.8. The summed E-state index contributed by atoms with van der Waals surface area (Å²) in [5.41, 5.74) is 0.0982. The third kappa shape index (κ3) is 3.41. The molecular formula is C27H18ClN3O7. The normalized spacial score (nSPS) is 17.4. The lowest BCUT2D eigenvalue weighted by Crippen LogP contribution is -2.47. The van der Waals surface area contributed by atoms with Gasteiger partial charge in [-0.3, -0.25) is 14.9 Å². The predicted molar refractivity (Wildman–Crippen MR) is 136 cm³/mol. The number of benzene rings is 2. The predicted octanol–water partition coefficient (Wildman–Crippen LogP) is 4.51. The fourth-order valence-electron chi connectivity index (χ4n) is 5.14. The minimum atomic E-state index is -1.86. The molecule has 2 aromatic heterocycles. The molecule has 0 aliphatic carbocycles. The molecule has 0 fully saturated rings. The quantitative estimate of drug-likeness (QED) is 0.188. The van der Waals surface area contributed by atoms with Crippen LogP contribution >= 0.6 is 11.6 Å². The van der Waals surface area contributed by atoms with E-state index < -0.39 is 28.0 Å². The van der Waals surface area contributed by atoms with Crippen LogP contribution in [0.15, 0.2) is 59.4 Å². The number of halogens is 1. The minimum Gasteiger partial charge on any atom is -0.457 e. The van der Waals surface area contributed by atoms with Crippen LogP contribution in [0.2, 0.25) is 5.02 Å². The molecule has 0 unspecified atom stereocenters. The number of ether oxygens (including phenoxy) is 2. The molecule has 0 saturated carbocycles. The minimum absolute atomic E-state index is 0.0121. The van der Waals surface area contributed by atoms with Crippen LogP contribution in [0.4, 0.5) is 5.69 Å². The van der Waals surface area contributed by atoms with Gasteiger partial charge < -0.3 is 14.0 Å². The molecule has 0 N–H and O–H groups in total. The number of fused-ring (bicyclic) bond motifs is 5. The third-order valence-electron chi connectivity index (χ3n) is 7.02. The molecule has 0 spiro atoms. The number of cyclic esters (lactones) is 1. The van der Waals surface area contributed by atoms with Gasteiger partial charge in [0, 0.05) is 22.2 Å². The van der Waals surface area contributed by atoms with Gasteiger partial charge in [-0.15, -0.1) is 0 Å². The molecule has 4 heterocycles. The molecular weight excluding hydrogens is 514 g/mol. The van der Waals surface area contributed by atoms with Gasteiger partial charge in [0.2, 0.25) is 5.60 Å². The fraction of sp³-hybridized carbons (Fsp3) is 0.185. The first-order chi connectivity index (χ1) is 18.2. The van der Waals surface area contributed by atoms with Gasteiger partial charge in [0.05, 0.1) is 44.9 Å². The van der Waals surface area contributed by atoms with Crippen molar-refractivity contribution < 1.29 is 24.0 Å². The largest absolute Gasteiger partial charge is 0.457 e. The fourth-order valence-corrected chi connectivity index (χ4v) is 5.33. The Labute approximate surface area is 219 Å². The smallest absolute Gasteiger partial charge is 0.355 e. The highest BCUT2D eigenvalue weighted by Crippen LogP contribution is 2.42. The highest BCUT2D eigenvalue weighted by atomic mass is 35.5. The van der Waals surface area contributed by atoms with E-state index in [4.69, 9.17) is 21.1 Å². The second-order valence-electron chi connectivity index (χ2n) is 9.07. The van der Waals surface area contributed by atoms with Crippen LogP contribution in [0.25, 0.3) is 22.3 Å². The Balaban J connectivity index is 1.53. The molecule has 11 heteroatoms. The molecule has 0 radical (unpaired) electrons. The summed E-state index contributed by atoms with van der Waals surface area (Å²) in [6, 6.07) is 14.0. The summed E-state index contributed by atoms with van der Waals surface area (Å²) in [7, 11) is 0. The number of nitrogens with zero attached hydrogens (tertiary/aromatic N) is 3. The Morgan fingerprint density at radius 2 is 2.00 bits per heavy atom. The van der Waals surface area contributed by atoms with Crippen molar-refractivity contribution in [2.24, 2.45) is 0 Å². The van der Waals surface area contributed by atoms with Crippen molar-refractivity contribution in [1.82, 2.24) is 9.55 Å².